The first-order valence-corrected chi connectivity index (χ1v) is 7.77. The maximum Gasteiger partial charge on any atom is 0.265 e. The number of rotatable bonds is 6. The van der Waals surface area contributed by atoms with E-state index in [2.05, 4.69) is 15.5 Å². The van der Waals surface area contributed by atoms with Gasteiger partial charge in [0.15, 0.2) is 6.10 Å². The van der Waals surface area contributed by atoms with Crippen LogP contribution in [-0.4, -0.2) is 28.1 Å². The van der Waals surface area contributed by atoms with Crippen molar-refractivity contribution in [3.05, 3.63) is 60.5 Å². The third-order valence-electron chi connectivity index (χ3n) is 3.58. The van der Waals surface area contributed by atoms with Gasteiger partial charge in [0, 0.05) is 16.8 Å². The van der Waals surface area contributed by atoms with E-state index in [-0.39, 0.29) is 5.91 Å². The molecule has 0 spiro atoms. The van der Waals surface area contributed by atoms with Crippen molar-refractivity contribution in [3.8, 4) is 17.2 Å². The highest BCUT2D eigenvalue weighted by Gasteiger charge is 2.15. The summed E-state index contributed by atoms with van der Waals surface area (Å²) < 4.78 is 10.7. The Morgan fingerprint density at radius 3 is 2.38 bits per heavy atom. The number of hydrogen-bond acceptors (Lipinski definition) is 6. The van der Waals surface area contributed by atoms with E-state index in [1.54, 1.807) is 55.5 Å². The van der Waals surface area contributed by atoms with E-state index in [9.17, 15) is 9.59 Å². The van der Waals surface area contributed by atoms with Crippen LogP contribution in [-0.2, 0) is 4.79 Å². The molecule has 0 saturated carbocycles. The molecule has 2 aromatic carbocycles. The summed E-state index contributed by atoms with van der Waals surface area (Å²) in [5, 5.41) is 10.2. The van der Waals surface area contributed by atoms with Gasteiger partial charge in [-0.2, -0.15) is 0 Å². The Morgan fingerprint density at radius 1 is 1.12 bits per heavy atom. The molecule has 3 aromatic rings. The predicted molar refractivity (Wildman–Crippen MR) is 93.4 cm³/mol. The number of amides is 2. The highest BCUT2D eigenvalue weighted by molar-refractivity contribution is 5.96. The Hall–Kier alpha value is -3.68. The highest BCUT2D eigenvalue weighted by Crippen LogP contribution is 2.21. The molecule has 1 unspecified atom stereocenters. The molecule has 0 aliphatic carbocycles. The number of ether oxygens (including phenoxy) is 1. The van der Waals surface area contributed by atoms with Crippen LogP contribution in [0, 0.1) is 0 Å². The molecule has 8 nitrogen and oxygen atoms in total. The molecule has 1 atom stereocenters. The third kappa shape index (κ3) is 4.04. The lowest BCUT2D eigenvalue weighted by atomic mass is 10.2. The molecule has 0 fully saturated rings. The number of aromatic nitrogens is 2. The van der Waals surface area contributed by atoms with Crippen molar-refractivity contribution in [2.24, 2.45) is 5.73 Å². The zero-order chi connectivity index (χ0) is 18.5. The average Bonchev–Trinajstić information content (AvgIpc) is 3.17. The number of benzene rings is 2. The molecule has 1 heterocycles. The quantitative estimate of drug-likeness (QED) is 0.702. The van der Waals surface area contributed by atoms with Gasteiger partial charge in [-0.1, -0.05) is 0 Å². The molecule has 0 aliphatic heterocycles. The van der Waals surface area contributed by atoms with Gasteiger partial charge in [-0.3, -0.25) is 9.59 Å². The largest absolute Gasteiger partial charge is 0.481 e. The van der Waals surface area contributed by atoms with Gasteiger partial charge >= 0.3 is 0 Å². The van der Waals surface area contributed by atoms with E-state index < -0.39 is 12.0 Å². The third-order valence-corrected chi connectivity index (χ3v) is 3.58. The Balaban J connectivity index is 1.59. The number of anilines is 1. The van der Waals surface area contributed by atoms with E-state index in [1.165, 1.54) is 6.39 Å². The Kier molecular flexibility index (Phi) is 4.93. The van der Waals surface area contributed by atoms with E-state index in [0.717, 1.165) is 5.56 Å². The van der Waals surface area contributed by atoms with E-state index in [4.69, 9.17) is 14.9 Å². The summed E-state index contributed by atoms with van der Waals surface area (Å²) in [6, 6.07) is 13.2. The fraction of sp³-hybridized carbons (Fsp3) is 0.111. The van der Waals surface area contributed by atoms with E-state index >= 15 is 0 Å². The number of carbonyl (C=O) groups excluding carboxylic acids is 2. The smallest absolute Gasteiger partial charge is 0.265 e. The lowest BCUT2D eigenvalue weighted by Crippen LogP contribution is -2.30. The van der Waals surface area contributed by atoms with Crippen molar-refractivity contribution in [1.82, 2.24) is 10.2 Å². The standard InChI is InChI=1S/C18H16N4O4/c1-11(17(24)21-14-6-2-12(3-7-14)16(19)23)26-15-8-4-13(5-9-15)18-22-20-10-25-18/h2-11H,1H3,(H2,19,23)(H,21,24). The summed E-state index contributed by atoms with van der Waals surface area (Å²) in [4.78, 5) is 23.3. The number of primary amides is 1. The van der Waals surface area contributed by atoms with Gasteiger partial charge in [-0.15, -0.1) is 10.2 Å². The zero-order valence-corrected chi connectivity index (χ0v) is 13.9. The number of carbonyl (C=O) groups is 2. The summed E-state index contributed by atoms with van der Waals surface area (Å²) in [6.45, 7) is 1.64. The molecular weight excluding hydrogens is 336 g/mol. The Labute approximate surface area is 149 Å². The van der Waals surface area contributed by atoms with Crippen LogP contribution in [0.2, 0.25) is 0 Å². The average molecular weight is 352 g/mol. The summed E-state index contributed by atoms with van der Waals surface area (Å²) in [7, 11) is 0. The van der Waals surface area contributed by atoms with Gasteiger partial charge in [0.25, 0.3) is 5.91 Å². The maximum atomic E-state index is 12.2. The molecule has 0 aliphatic rings. The second-order valence-corrected chi connectivity index (χ2v) is 5.46. The summed E-state index contributed by atoms with van der Waals surface area (Å²) in [5.41, 5.74) is 6.85. The first kappa shape index (κ1) is 17.2. The van der Waals surface area contributed by atoms with Crippen LogP contribution in [0.4, 0.5) is 5.69 Å². The van der Waals surface area contributed by atoms with Crippen LogP contribution in [0.5, 0.6) is 5.75 Å². The monoisotopic (exact) mass is 352 g/mol. The molecule has 3 N–H and O–H groups in total. The minimum Gasteiger partial charge on any atom is -0.481 e. The van der Waals surface area contributed by atoms with Crippen LogP contribution in [0.25, 0.3) is 11.5 Å². The first-order chi connectivity index (χ1) is 12.5. The fourth-order valence-electron chi connectivity index (χ4n) is 2.19. The molecule has 0 saturated heterocycles. The number of nitrogens with two attached hydrogens (primary N) is 1. The van der Waals surface area contributed by atoms with E-state index in [0.29, 0.717) is 22.9 Å². The van der Waals surface area contributed by atoms with Crippen LogP contribution in [0.1, 0.15) is 17.3 Å². The van der Waals surface area contributed by atoms with Crippen molar-refractivity contribution >= 4 is 17.5 Å². The molecule has 26 heavy (non-hydrogen) atoms. The maximum absolute atomic E-state index is 12.2. The minimum atomic E-state index is -0.722. The Bertz CT molecular complexity index is 890. The second kappa shape index (κ2) is 7.47. The lowest BCUT2D eigenvalue weighted by molar-refractivity contribution is -0.122. The van der Waals surface area contributed by atoms with Gasteiger partial charge in [-0.05, 0) is 55.5 Å². The van der Waals surface area contributed by atoms with Crippen LogP contribution in [0.3, 0.4) is 0 Å². The molecule has 132 valence electrons. The van der Waals surface area contributed by atoms with Crippen LogP contribution < -0.4 is 15.8 Å². The number of nitrogens with zero attached hydrogens (tertiary/aromatic N) is 2. The van der Waals surface area contributed by atoms with Crippen molar-refractivity contribution in [2.45, 2.75) is 13.0 Å². The minimum absolute atomic E-state index is 0.321. The van der Waals surface area contributed by atoms with Crippen molar-refractivity contribution in [3.63, 3.8) is 0 Å². The predicted octanol–water partition coefficient (Wildman–Crippen LogP) is 2.24. The SMILES string of the molecule is CC(Oc1ccc(-c2nnco2)cc1)C(=O)Nc1ccc(C(N)=O)cc1. The topological polar surface area (TPSA) is 120 Å². The molecule has 3 rings (SSSR count). The van der Waals surface area contributed by atoms with Crippen molar-refractivity contribution < 1.29 is 18.7 Å². The van der Waals surface area contributed by atoms with Gasteiger partial charge in [-0.25, -0.2) is 0 Å². The normalized spacial score (nSPS) is 11.6. The van der Waals surface area contributed by atoms with Gasteiger partial charge in [0.2, 0.25) is 18.2 Å². The second-order valence-electron chi connectivity index (χ2n) is 5.46. The van der Waals surface area contributed by atoms with Gasteiger partial charge in [0.05, 0.1) is 0 Å². The number of hydrogen-bond donors (Lipinski definition) is 2. The Morgan fingerprint density at radius 2 is 1.81 bits per heavy atom. The van der Waals surface area contributed by atoms with Crippen LogP contribution >= 0.6 is 0 Å². The molecule has 1 aromatic heterocycles. The summed E-state index contributed by atoms with van der Waals surface area (Å²) >= 11 is 0. The van der Waals surface area contributed by atoms with Crippen molar-refractivity contribution in [1.29, 1.82) is 0 Å². The van der Waals surface area contributed by atoms with E-state index in [1.807, 2.05) is 0 Å². The molecule has 2 amide bonds. The highest BCUT2D eigenvalue weighted by atomic mass is 16.5. The van der Waals surface area contributed by atoms with Crippen molar-refractivity contribution in [2.75, 3.05) is 5.32 Å². The lowest BCUT2D eigenvalue weighted by Gasteiger charge is -2.15. The molecule has 0 bridgehead atoms. The molecular formula is C18H16N4O4. The first-order valence-electron chi connectivity index (χ1n) is 7.77. The summed E-state index contributed by atoms with van der Waals surface area (Å²) in [6.07, 6.45) is 0.530. The fourth-order valence-corrected chi connectivity index (χ4v) is 2.19. The number of nitrogens with one attached hydrogen (secondary N) is 1. The van der Waals surface area contributed by atoms with Gasteiger partial charge in [0.1, 0.15) is 5.75 Å². The molecule has 8 heteroatoms. The van der Waals surface area contributed by atoms with Gasteiger partial charge < -0.3 is 20.2 Å². The zero-order valence-electron chi connectivity index (χ0n) is 13.9. The van der Waals surface area contributed by atoms with Crippen LogP contribution in [0.15, 0.2) is 59.3 Å². The molecule has 0 radical (unpaired) electrons. The summed E-state index contributed by atoms with van der Waals surface area (Å²) in [5.74, 6) is 0.0862.